The highest BCUT2D eigenvalue weighted by Crippen LogP contribution is 2.32. The number of hydrogen-bond acceptors (Lipinski definition) is 6. The first-order valence-electron chi connectivity index (χ1n) is 7.69. The van der Waals surface area contributed by atoms with Crippen LogP contribution in [0.3, 0.4) is 0 Å². The SMILES string of the molecule is Cc1cccc(/N=C\c2ncc3nccnc3n2)c1O[Si](C)(C)C. The molecule has 0 bridgehead atoms. The van der Waals surface area contributed by atoms with Gasteiger partial charge in [-0.2, -0.15) is 0 Å². The Bertz CT molecular complexity index is 905. The molecule has 0 aliphatic carbocycles. The smallest absolute Gasteiger partial charge is 0.242 e. The molecule has 0 aliphatic heterocycles. The Hall–Kier alpha value is -2.67. The summed E-state index contributed by atoms with van der Waals surface area (Å²) in [7, 11) is -1.73. The number of aromatic nitrogens is 4. The molecule has 3 aromatic rings. The lowest BCUT2D eigenvalue weighted by molar-refractivity contribution is 0.554. The fraction of sp³-hybridized carbons (Fsp3) is 0.235. The van der Waals surface area contributed by atoms with Crippen LogP contribution in [0.4, 0.5) is 5.69 Å². The van der Waals surface area contributed by atoms with E-state index in [1.807, 2.05) is 25.1 Å². The standard InChI is InChI=1S/C17H19N5OSi/c1-12-6-5-7-13(16(12)23-24(2,3)4)20-11-15-21-10-14-17(22-15)19-9-8-18-14/h5-11H,1-4H3/b20-11-. The lowest BCUT2D eigenvalue weighted by atomic mass is 10.2. The number of benzene rings is 1. The molecule has 24 heavy (non-hydrogen) atoms. The number of para-hydroxylation sites is 1. The van der Waals surface area contributed by atoms with Gasteiger partial charge in [0.25, 0.3) is 0 Å². The van der Waals surface area contributed by atoms with Gasteiger partial charge in [-0.05, 0) is 38.2 Å². The Morgan fingerprint density at radius 2 is 1.88 bits per heavy atom. The Labute approximate surface area is 141 Å². The first-order valence-corrected chi connectivity index (χ1v) is 11.1. The van der Waals surface area contributed by atoms with E-state index in [0.29, 0.717) is 17.0 Å². The minimum Gasteiger partial charge on any atom is -0.543 e. The molecule has 3 rings (SSSR count). The van der Waals surface area contributed by atoms with Gasteiger partial charge < -0.3 is 4.43 Å². The highest BCUT2D eigenvalue weighted by Gasteiger charge is 2.19. The maximum atomic E-state index is 6.18. The number of hydrogen-bond donors (Lipinski definition) is 0. The summed E-state index contributed by atoms with van der Waals surface area (Å²) >= 11 is 0. The van der Waals surface area contributed by atoms with Crippen molar-refractivity contribution in [3.8, 4) is 5.75 Å². The first-order chi connectivity index (χ1) is 11.4. The van der Waals surface area contributed by atoms with Gasteiger partial charge >= 0.3 is 0 Å². The summed E-state index contributed by atoms with van der Waals surface area (Å²) in [4.78, 5) is 21.5. The van der Waals surface area contributed by atoms with Crippen LogP contribution in [0.25, 0.3) is 11.2 Å². The van der Waals surface area contributed by atoms with Crippen LogP contribution in [0.2, 0.25) is 19.6 Å². The topological polar surface area (TPSA) is 73.2 Å². The van der Waals surface area contributed by atoms with Crippen molar-refractivity contribution in [2.75, 3.05) is 0 Å². The van der Waals surface area contributed by atoms with Crippen molar-refractivity contribution in [3.05, 3.63) is 48.2 Å². The van der Waals surface area contributed by atoms with Crippen LogP contribution in [0, 0.1) is 6.92 Å². The van der Waals surface area contributed by atoms with Crippen molar-refractivity contribution in [1.29, 1.82) is 0 Å². The highest BCUT2D eigenvalue weighted by atomic mass is 28.4. The molecule has 0 saturated carbocycles. The summed E-state index contributed by atoms with van der Waals surface area (Å²) in [5.41, 5.74) is 3.06. The molecular weight excluding hydrogens is 318 g/mol. The van der Waals surface area contributed by atoms with Gasteiger partial charge in [-0.1, -0.05) is 12.1 Å². The first kappa shape index (κ1) is 16.2. The molecule has 0 amide bonds. The van der Waals surface area contributed by atoms with E-state index in [9.17, 15) is 0 Å². The summed E-state index contributed by atoms with van der Waals surface area (Å²) in [6.45, 7) is 8.48. The minimum absolute atomic E-state index is 0.489. The second-order valence-corrected chi connectivity index (χ2v) is 10.8. The molecule has 0 fully saturated rings. The molecule has 0 aliphatic rings. The van der Waals surface area contributed by atoms with Crippen LogP contribution >= 0.6 is 0 Å². The van der Waals surface area contributed by atoms with Gasteiger partial charge in [-0.25, -0.2) is 24.9 Å². The van der Waals surface area contributed by atoms with Gasteiger partial charge in [-0.15, -0.1) is 0 Å². The van der Waals surface area contributed by atoms with Crippen molar-refractivity contribution < 1.29 is 4.43 Å². The van der Waals surface area contributed by atoms with Crippen molar-refractivity contribution in [1.82, 2.24) is 19.9 Å². The fourth-order valence-electron chi connectivity index (χ4n) is 2.15. The van der Waals surface area contributed by atoms with Crippen LogP contribution in [0.15, 0.2) is 41.8 Å². The maximum Gasteiger partial charge on any atom is 0.242 e. The van der Waals surface area contributed by atoms with Gasteiger partial charge in [-0.3, -0.25) is 0 Å². The Morgan fingerprint density at radius 1 is 1.08 bits per heavy atom. The van der Waals surface area contributed by atoms with Crippen molar-refractivity contribution in [2.24, 2.45) is 4.99 Å². The average Bonchev–Trinajstić information content (AvgIpc) is 2.54. The van der Waals surface area contributed by atoms with E-state index < -0.39 is 8.32 Å². The zero-order valence-electron chi connectivity index (χ0n) is 14.2. The monoisotopic (exact) mass is 337 g/mol. The second-order valence-electron chi connectivity index (χ2n) is 6.39. The van der Waals surface area contributed by atoms with E-state index in [1.54, 1.807) is 24.8 Å². The van der Waals surface area contributed by atoms with Gasteiger partial charge in [0, 0.05) is 12.4 Å². The van der Waals surface area contributed by atoms with Gasteiger partial charge in [0.05, 0.1) is 12.4 Å². The van der Waals surface area contributed by atoms with E-state index in [4.69, 9.17) is 4.43 Å². The predicted octanol–water partition coefficient (Wildman–Crippen LogP) is 3.69. The average molecular weight is 337 g/mol. The summed E-state index contributed by atoms with van der Waals surface area (Å²) in [6.07, 6.45) is 6.50. The van der Waals surface area contributed by atoms with Crippen LogP contribution in [-0.4, -0.2) is 34.5 Å². The molecule has 1 aromatic carbocycles. The van der Waals surface area contributed by atoms with Crippen molar-refractivity contribution >= 4 is 31.4 Å². The third-order valence-electron chi connectivity index (χ3n) is 3.16. The number of nitrogens with zero attached hydrogens (tertiary/aromatic N) is 5. The summed E-state index contributed by atoms with van der Waals surface area (Å²) in [5.74, 6) is 1.32. The molecule has 2 aromatic heterocycles. The van der Waals surface area contributed by atoms with E-state index in [0.717, 1.165) is 17.0 Å². The van der Waals surface area contributed by atoms with Crippen LogP contribution in [-0.2, 0) is 0 Å². The Morgan fingerprint density at radius 3 is 2.67 bits per heavy atom. The predicted molar refractivity (Wildman–Crippen MR) is 97.5 cm³/mol. The van der Waals surface area contributed by atoms with Gasteiger partial charge in [0.1, 0.15) is 17.0 Å². The molecule has 122 valence electrons. The van der Waals surface area contributed by atoms with Crippen molar-refractivity contribution in [3.63, 3.8) is 0 Å². The molecule has 0 atom stereocenters. The third-order valence-corrected chi connectivity index (χ3v) is 3.98. The van der Waals surface area contributed by atoms with E-state index in [1.165, 1.54) is 0 Å². The van der Waals surface area contributed by atoms with Gasteiger partial charge in [0.15, 0.2) is 11.5 Å². The molecule has 7 heteroatoms. The normalized spacial score (nSPS) is 12.0. The highest BCUT2D eigenvalue weighted by molar-refractivity contribution is 6.70. The number of aryl methyl sites for hydroxylation is 1. The van der Waals surface area contributed by atoms with E-state index in [-0.39, 0.29) is 0 Å². The van der Waals surface area contributed by atoms with Crippen molar-refractivity contribution in [2.45, 2.75) is 26.6 Å². The largest absolute Gasteiger partial charge is 0.543 e. The fourth-order valence-corrected chi connectivity index (χ4v) is 3.03. The molecule has 0 saturated heterocycles. The van der Waals surface area contributed by atoms with Crippen LogP contribution in [0.1, 0.15) is 11.4 Å². The number of rotatable bonds is 4. The van der Waals surface area contributed by atoms with Crippen LogP contribution < -0.4 is 4.43 Å². The quantitative estimate of drug-likeness (QED) is 0.536. The second kappa shape index (κ2) is 6.44. The number of fused-ring (bicyclic) bond motifs is 1. The summed E-state index contributed by atoms with van der Waals surface area (Å²) in [6, 6.07) is 5.92. The Balaban J connectivity index is 1.94. The summed E-state index contributed by atoms with van der Waals surface area (Å²) in [5, 5.41) is 0. The molecule has 2 heterocycles. The van der Waals surface area contributed by atoms with Gasteiger partial charge in [0.2, 0.25) is 8.32 Å². The van der Waals surface area contributed by atoms with E-state index >= 15 is 0 Å². The Kier molecular flexibility index (Phi) is 4.35. The molecule has 6 nitrogen and oxygen atoms in total. The molecule has 0 N–H and O–H groups in total. The number of aliphatic imine (C=N–C) groups is 1. The minimum atomic E-state index is -1.73. The zero-order chi connectivity index (χ0) is 17.2. The molecule has 0 spiro atoms. The maximum absolute atomic E-state index is 6.18. The molecular formula is C17H19N5OSi. The molecule has 0 unspecified atom stereocenters. The lowest BCUT2D eigenvalue weighted by Gasteiger charge is -2.22. The zero-order valence-corrected chi connectivity index (χ0v) is 15.2. The van der Waals surface area contributed by atoms with Crippen LogP contribution in [0.5, 0.6) is 5.75 Å². The summed E-state index contributed by atoms with van der Waals surface area (Å²) < 4.78 is 6.18. The lowest BCUT2D eigenvalue weighted by Crippen LogP contribution is -2.29. The molecule has 0 radical (unpaired) electrons. The third kappa shape index (κ3) is 3.80. The van der Waals surface area contributed by atoms with E-state index in [2.05, 4.69) is 44.6 Å².